The Balaban J connectivity index is 1.88. The van der Waals surface area contributed by atoms with Crippen molar-refractivity contribution in [3.05, 3.63) is 30.0 Å². The zero-order chi connectivity index (χ0) is 14.1. The topological polar surface area (TPSA) is 64.8 Å². The maximum Gasteiger partial charge on any atom is 0.275 e. The molecule has 0 unspecified atom stereocenters. The second kappa shape index (κ2) is 4.88. The maximum absolute atomic E-state index is 12.0. The van der Waals surface area contributed by atoms with E-state index in [4.69, 9.17) is 14.0 Å². The molecule has 1 aliphatic rings. The number of hydrogen-bond acceptors (Lipinski definition) is 5. The summed E-state index contributed by atoms with van der Waals surface area (Å²) in [6.45, 7) is 2.74. The number of ether oxygens (including phenoxy) is 2. The second-order valence-corrected chi connectivity index (χ2v) is 4.46. The summed E-state index contributed by atoms with van der Waals surface area (Å²) < 4.78 is 15.8. The Labute approximate surface area is 115 Å². The van der Waals surface area contributed by atoms with Crippen LogP contribution in [-0.2, 0) is 0 Å². The molecule has 0 atom stereocenters. The first-order valence-corrected chi connectivity index (χ1v) is 6.31. The average molecular weight is 274 g/mol. The molecule has 6 heteroatoms. The number of aromatic nitrogens is 1. The van der Waals surface area contributed by atoms with Gasteiger partial charge in [-0.2, -0.15) is 0 Å². The van der Waals surface area contributed by atoms with Crippen LogP contribution in [0.15, 0.2) is 28.8 Å². The highest BCUT2D eigenvalue weighted by Gasteiger charge is 2.19. The van der Waals surface area contributed by atoms with Gasteiger partial charge < -0.3 is 18.9 Å². The Hall–Kier alpha value is -2.50. The van der Waals surface area contributed by atoms with Gasteiger partial charge in [0.25, 0.3) is 5.91 Å². The summed E-state index contributed by atoms with van der Waals surface area (Å²) in [6.07, 6.45) is 0. The summed E-state index contributed by atoms with van der Waals surface area (Å²) in [6, 6.07) is 7.08. The van der Waals surface area contributed by atoms with Crippen molar-refractivity contribution in [3.8, 4) is 22.8 Å². The van der Waals surface area contributed by atoms with Gasteiger partial charge in [0, 0.05) is 25.2 Å². The minimum atomic E-state index is -0.164. The summed E-state index contributed by atoms with van der Waals surface area (Å²) >= 11 is 0. The number of hydrogen-bond donors (Lipinski definition) is 0. The molecule has 1 amide bonds. The second-order valence-electron chi connectivity index (χ2n) is 4.46. The van der Waals surface area contributed by atoms with E-state index in [9.17, 15) is 4.79 Å². The molecule has 0 aliphatic carbocycles. The van der Waals surface area contributed by atoms with Gasteiger partial charge >= 0.3 is 0 Å². The fraction of sp³-hybridized carbons (Fsp3) is 0.286. The predicted octanol–water partition coefficient (Wildman–Crippen LogP) is 2.16. The lowest BCUT2D eigenvalue weighted by Gasteiger charge is -2.11. The minimum absolute atomic E-state index is 0.164. The van der Waals surface area contributed by atoms with E-state index in [0.717, 1.165) is 5.56 Å². The highest BCUT2D eigenvalue weighted by molar-refractivity contribution is 5.93. The molecule has 20 heavy (non-hydrogen) atoms. The fourth-order valence-corrected chi connectivity index (χ4v) is 1.90. The third-order valence-electron chi connectivity index (χ3n) is 3.21. The van der Waals surface area contributed by atoms with Crippen molar-refractivity contribution >= 4 is 5.91 Å². The highest BCUT2D eigenvalue weighted by atomic mass is 16.7. The van der Waals surface area contributed by atoms with Gasteiger partial charge in [0.1, 0.15) is 0 Å². The standard InChI is InChI=1S/C14H14N2O4/c1-3-16(2)14(17)10-7-12(20-15-10)9-4-5-11-13(6-9)19-8-18-11/h4-7H,3,8H2,1-2H3. The van der Waals surface area contributed by atoms with Crippen molar-refractivity contribution in [1.82, 2.24) is 10.1 Å². The Bertz CT molecular complexity index is 650. The number of fused-ring (bicyclic) bond motifs is 1. The van der Waals surface area contributed by atoms with Crippen LogP contribution in [0.25, 0.3) is 11.3 Å². The molecule has 2 aromatic rings. The molecule has 0 saturated carbocycles. The number of carbonyl (C=O) groups excluding carboxylic acids is 1. The van der Waals surface area contributed by atoms with E-state index in [0.29, 0.717) is 29.5 Å². The summed E-state index contributed by atoms with van der Waals surface area (Å²) in [5, 5.41) is 3.82. The summed E-state index contributed by atoms with van der Waals surface area (Å²) in [5.74, 6) is 1.73. The van der Waals surface area contributed by atoms with Crippen molar-refractivity contribution in [2.75, 3.05) is 20.4 Å². The lowest BCUT2D eigenvalue weighted by Crippen LogP contribution is -2.26. The molecule has 0 bridgehead atoms. The van der Waals surface area contributed by atoms with E-state index in [-0.39, 0.29) is 12.7 Å². The van der Waals surface area contributed by atoms with Crippen LogP contribution in [0.1, 0.15) is 17.4 Å². The first-order chi connectivity index (χ1) is 9.69. The lowest BCUT2D eigenvalue weighted by molar-refractivity contribution is 0.0792. The first kappa shape index (κ1) is 12.5. The molecule has 1 aromatic heterocycles. The van der Waals surface area contributed by atoms with Gasteiger partial charge in [-0.15, -0.1) is 0 Å². The maximum atomic E-state index is 12.0. The van der Waals surface area contributed by atoms with Crippen molar-refractivity contribution in [2.24, 2.45) is 0 Å². The summed E-state index contributed by atoms with van der Waals surface area (Å²) in [4.78, 5) is 13.5. The quantitative estimate of drug-likeness (QED) is 0.858. The van der Waals surface area contributed by atoms with Crippen molar-refractivity contribution in [3.63, 3.8) is 0 Å². The van der Waals surface area contributed by atoms with Gasteiger partial charge in [-0.25, -0.2) is 0 Å². The number of nitrogens with zero attached hydrogens (tertiary/aromatic N) is 2. The molecular weight excluding hydrogens is 260 g/mol. The van der Waals surface area contributed by atoms with Gasteiger partial charge in [0.15, 0.2) is 23.0 Å². The van der Waals surface area contributed by atoms with Crippen LogP contribution in [0.2, 0.25) is 0 Å². The molecule has 0 N–H and O–H groups in total. The van der Waals surface area contributed by atoms with E-state index < -0.39 is 0 Å². The summed E-state index contributed by atoms with van der Waals surface area (Å²) in [5.41, 5.74) is 1.09. The van der Waals surface area contributed by atoms with Gasteiger partial charge in [-0.05, 0) is 25.1 Å². The number of amides is 1. The summed E-state index contributed by atoms with van der Waals surface area (Å²) in [7, 11) is 1.72. The normalized spacial score (nSPS) is 12.5. The van der Waals surface area contributed by atoms with Gasteiger partial charge in [0.05, 0.1) is 0 Å². The SMILES string of the molecule is CCN(C)C(=O)c1cc(-c2ccc3c(c2)OCO3)on1. The van der Waals surface area contributed by atoms with Crippen LogP contribution in [0.5, 0.6) is 11.5 Å². The van der Waals surface area contributed by atoms with Gasteiger partial charge in [0.2, 0.25) is 6.79 Å². The first-order valence-electron chi connectivity index (χ1n) is 6.31. The molecular formula is C14H14N2O4. The van der Waals surface area contributed by atoms with E-state index in [1.54, 1.807) is 30.1 Å². The minimum Gasteiger partial charge on any atom is -0.454 e. The van der Waals surface area contributed by atoms with Crippen LogP contribution >= 0.6 is 0 Å². The third kappa shape index (κ3) is 2.09. The van der Waals surface area contributed by atoms with Gasteiger partial charge in [-0.3, -0.25) is 4.79 Å². The van der Waals surface area contributed by atoms with Crippen LogP contribution in [0.3, 0.4) is 0 Å². The van der Waals surface area contributed by atoms with Crippen LogP contribution in [0, 0.1) is 0 Å². The monoisotopic (exact) mass is 274 g/mol. The molecule has 1 aliphatic heterocycles. The van der Waals surface area contributed by atoms with Crippen molar-refractivity contribution < 1.29 is 18.8 Å². The van der Waals surface area contributed by atoms with E-state index in [1.165, 1.54) is 0 Å². The number of benzene rings is 1. The molecule has 0 radical (unpaired) electrons. The smallest absolute Gasteiger partial charge is 0.275 e. The average Bonchev–Trinajstić information content (AvgIpc) is 3.13. The molecule has 3 rings (SSSR count). The lowest BCUT2D eigenvalue weighted by atomic mass is 10.1. The predicted molar refractivity (Wildman–Crippen MR) is 70.7 cm³/mol. The molecule has 6 nitrogen and oxygen atoms in total. The third-order valence-corrected chi connectivity index (χ3v) is 3.21. The Morgan fingerprint density at radius 2 is 2.10 bits per heavy atom. The largest absolute Gasteiger partial charge is 0.454 e. The molecule has 104 valence electrons. The molecule has 1 aromatic carbocycles. The van der Waals surface area contributed by atoms with E-state index in [1.807, 2.05) is 13.0 Å². The number of carbonyl (C=O) groups is 1. The van der Waals surface area contributed by atoms with Crippen molar-refractivity contribution in [1.29, 1.82) is 0 Å². The van der Waals surface area contributed by atoms with Crippen LogP contribution < -0.4 is 9.47 Å². The van der Waals surface area contributed by atoms with E-state index in [2.05, 4.69) is 5.16 Å². The van der Waals surface area contributed by atoms with Crippen LogP contribution in [0.4, 0.5) is 0 Å². The highest BCUT2D eigenvalue weighted by Crippen LogP contribution is 2.36. The van der Waals surface area contributed by atoms with Crippen LogP contribution in [-0.4, -0.2) is 36.3 Å². The molecule has 2 heterocycles. The van der Waals surface area contributed by atoms with Crippen molar-refractivity contribution in [2.45, 2.75) is 6.92 Å². The van der Waals surface area contributed by atoms with Gasteiger partial charge in [-0.1, -0.05) is 5.16 Å². The zero-order valence-electron chi connectivity index (χ0n) is 11.3. The number of rotatable bonds is 3. The molecule has 0 saturated heterocycles. The zero-order valence-corrected chi connectivity index (χ0v) is 11.3. The fourth-order valence-electron chi connectivity index (χ4n) is 1.90. The Morgan fingerprint density at radius 3 is 2.90 bits per heavy atom. The Kier molecular flexibility index (Phi) is 3.06. The molecule has 0 spiro atoms. The van der Waals surface area contributed by atoms with E-state index >= 15 is 0 Å². The Morgan fingerprint density at radius 1 is 1.30 bits per heavy atom. The molecule has 0 fully saturated rings.